The number of hydrogen-bond donors (Lipinski definition) is 0. The van der Waals surface area contributed by atoms with E-state index in [-0.39, 0.29) is 102 Å². The third-order valence-corrected chi connectivity index (χ3v) is 3.22. The third-order valence-electron chi connectivity index (χ3n) is 3.22. The molecule has 2 radical (unpaired) electrons. The van der Waals surface area contributed by atoms with E-state index in [4.69, 9.17) is 18.9 Å². The average Bonchev–Trinajstić information content (AvgIpc) is 3.14. The summed E-state index contributed by atoms with van der Waals surface area (Å²) in [6.45, 7) is 0.861. The van der Waals surface area contributed by atoms with Gasteiger partial charge in [-0.1, -0.05) is 12.1 Å². The first-order chi connectivity index (χ1) is 10.4. The molecule has 0 atom stereocenters. The SMILES string of the molecule is [Ac].[Ac].c1cc2c(cc1[N-]C[N-]c1ccc3c(c1)OCO3)OCO2. The molecule has 23 heavy (non-hydrogen) atoms. The number of ether oxygens (including phenoxy) is 4. The Balaban J connectivity index is 0.000000960. The summed E-state index contributed by atoms with van der Waals surface area (Å²) in [4.78, 5) is 0. The van der Waals surface area contributed by atoms with Gasteiger partial charge < -0.3 is 29.6 Å². The summed E-state index contributed by atoms with van der Waals surface area (Å²) in [6.07, 6.45) is 0. The van der Waals surface area contributed by atoms with Gasteiger partial charge in [0.25, 0.3) is 0 Å². The molecule has 0 unspecified atom stereocenters. The van der Waals surface area contributed by atoms with E-state index in [2.05, 4.69) is 10.6 Å². The van der Waals surface area contributed by atoms with Gasteiger partial charge in [-0.3, -0.25) is 0 Å². The summed E-state index contributed by atoms with van der Waals surface area (Å²) in [5.74, 6) is 2.95. The maximum Gasteiger partial charge on any atom is 0.231 e. The van der Waals surface area contributed by atoms with Crippen molar-refractivity contribution in [1.29, 1.82) is 0 Å². The van der Waals surface area contributed by atoms with Crippen LogP contribution in [0.2, 0.25) is 0 Å². The summed E-state index contributed by atoms with van der Waals surface area (Å²) >= 11 is 0. The van der Waals surface area contributed by atoms with Crippen molar-refractivity contribution >= 4 is 11.4 Å². The van der Waals surface area contributed by atoms with E-state index >= 15 is 0 Å². The third kappa shape index (κ3) is 4.60. The summed E-state index contributed by atoms with van der Waals surface area (Å²) in [5, 5.41) is 8.80. The fourth-order valence-corrected chi connectivity index (χ4v) is 2.17. The molecule has 4 rings (SSSR count). The fourth-order valence-electron chi connectivity index (χ4n) is 2.17. The second-order valence-corrected chi connectivity index (χ2v) is 4.53. The Labute approximate surface area is 205 Å². The molecule has 0 spiro atoms. The van der Waals surface area contributed by atoms with Gasteiger partial charge in [-0.2, -0.15) is 0 Å². The number of hydrogen-bond acceptors (Lipinski definition) is 4. The molecule has 0 aliphatic carbocycles. The largest absolute Gasteiger partial charge is 0.699 e. The van der Waals surface area contributed by atoms with Gasteiger partial charge in [0.15, 0.2) is 23.0 Å². The molecular weight excluding hydrogens is 726 g/mol. The van der Waals surface area contributed by atoms with Crippen LogP contribution < -0.4 is 18.9 Å². The van der Waals surface area contributed by atoms with Gasteiger partial charge in [-0.15, -0.1) is 11.4 Å². The number of fused-ring (bicyclic) bond motifs is 2. The molecular formula is C15H12Ac2N2O4-2. The van der Waals surface area contributed by atoms with Crippen molar-refractivity contribution in [3.8, 4) is 23.0 Å². The van der Waals surface area contributed by atoms with Crippen LogP contribution in [-0.4, -0.2) is 20.3 Å². The second-order valence-electron chi connectivity index (χ2n) is 4.53. The Morgan fingerprint density at radius 2 is 1.09 bits per heavy atom. The van der Waals surface area contributed by atoms with Crippen LogP contribution in [0.5, 0.6) is 23.0 Å². The maximum absolute atomic E-state index is 5.31. The van der Waals surface area contributed by atoms with E-state index < -0.39 is 0 Å². The molecule has 2 aliphatic heterocycles. The normalized spacial score (nSPS) is 12.9. The Morgan fingerprint density at radius 3 is 1.57 bits per heavy atom. The summed E-state index contributed by atoms with van der Waals surface area (Å²) < 4.78 is 21.1. The zero-order chi connectivity index (χ0) is 14.1. The van der Waals surface area contributed by atoms with Gasteiger partial charge in [-0.05, 0) is 24.3 Å². The van der Waals surface area contributed by atoms with Gasteiger partial charge in [-0.25, -0.2) is 6.67 Å². The predicted octanol–water partition coefficient (Wildman–Crippen LogP) is 3.81. The van der Waals surface area contributed by atoms with Crippen molar-refractivity contribution in [3.63, 3.8) is 0 Å². The molecule has 6 nitrogen and oxygen atoms in total. The van der Waals surface area contributed by atoms with Crippen LogP contribution in [0.1, 0.15) is 0 Å². The van der Waals surface area contributed by atoms with Gasteiger partial charge in [0, 0.05) is 88.1 Å². The minimum Gasteiger partial charge on any atom is -0.699 e. The molecule has 0 aromatic heterocycles. The van der Waals surface area contributed by atoms with E-state index in [1.165, 1.54) is 0 Å². The van der Waals surface area contributed by atoms with Crippen LogP contribution in [-0.2, 0) is 0 Å². The van der Waals surface area contributed by atoms with Crippen molar-refractivity contribution < 1.29 is 107 Å². The Kier molecular flexibility index (Phi) is 7.61. The van der Waals surface area contributed by atoms with Crippen LogP contribution >= 0.6 is 0 Å². The number of rotatable bonds is 4. The quantitative estimate of drug-likeness (QED) is 0.480. The van der Waals surface area contributed by atoms with Gasteiger partial charge in [0.05, 0.1) is 0 Å². The summed E-state index contributed by atoms with van der Waals surface area (Å²) in [7, 11) is 0. The van der Waals surface area contributed by atoms with Crippen LogP contribution in [0.4, 0.5) is 11.4 Å². The molecule has 2 aromatic rings. The minimum absolute atomic E-state index is 0. The van der Waals surface area contributed by atoms with Gasteiger partial charge in [0.2, 0.25) is 13.6 Å². The summed E-state index contributed by atoms with van der Waals surface area (Å²) in [5.41, 5.74) is 1.62. The number of benzene rings is 2. The Morgan fingerprint density at radius 1 is 0.652 bits per heavy atom. The van der Waals surface area contributed by atoms with Crippen LogP contribution in [0, 0.1) is 88.1 Å². The molecule has 0 bridgehead atoms. The van der Waals surface area contributed by atoms with E-state index in [1.807, 2.05) is 36.4 Å². The van der Waals surface area contributed by atoms with Crippen LogP contribution in [0.15, 0.2) is 36.4 Å². The zero-order valence-corrected chi connectivity index (χ0v) is 21.8. The first-order valence-corrected chi connectivity index (χ1v) is 6.53. The molecule has 0 amide bonds. The molecule has 0 saturated heterocycles. The van der Waals surface area contributed by atoms with E-state index in [9.17, 15) is 0 Å². The van der Waals surface area contributed by atoms with Crippen molar-refractivity contribution in [2.24, 2.45) is 0 Å². The maximum atomic E-state index is 5.31. The van der Waals surface area contributed by atoms with Gasteiger partial charge >= 0.3 is 0 Å². The van der Waals surface area contributed by atoms with Crippen molar-refractivity contribution in [2.75, 3.05) is 20.3 Å². The molecule has 0 fully saturated rings. The van der Waals surface area contributed by atoms with E-state index in [0.29, 0.717) is 6.67 Å². The first kappa shape index (κ1) is 19.4. The molecule has 8 heteroatoms. The van der Waals surface area contributed by atoms with E-state index in [1.54, 1.807) is 0 Å². The minimum atomic E-state index is 0. The monoisotopic (exact) mass is 738 g/mol. The summed E-state index contributed by atoms with van der Waals surface area (Å²) in [6, 6.07) is 11.1. The predicted molar refractivity (Wildman–Crippen MR) is 76.0 cm³/mol. The number of nitrogens with zero attached hydrogens (tertiary/aromatic N) is 2. The first-order valence-electron chi connectivity index (χ1n) is 6.53. The molecule has 2 heterocycles. The molecule has 2 aliphatic rings. The van der Waals surface area contributed by atoms with Crippen molar-refractivity contribution in [1.82, 2.24) is 0 Å². The van der Waals surface area contributed by atoms with Crippen molar-refractivity contribution in [2.45, 2.75) is 0 Å². The zero-order valence-electron chi connectivity index (χ0n) is 12.3. The average molecular weight is 738 g/mol. The van der Waals surface area contributed by atoms with Crippen LogP contribution in [0.25, 0.3) is 10.6 Å². The second kappa shape index (κ2) is 9.00. The Bertz CT molecular complexity index is 627. The van der Waals surface area contributed by atoms with Crippen molar-refractivity contribution in [3.05, 3.63) is 47.0 Å². The fraction of sp³-hybridized carbons (Fsp3) is 0.200. The molecule has 0 saturated carbocycles. The topological polar surface area (TPSA) is 65.1 Å². The Hall–Kier alpha value is 0.123. The molecule has 0 N–H and O–H groups in total. The standard InChI is InChI=1S/C15H12N2O4.2Ac/c1-3-12-14(20-8-18-12)5-10(1)16-7-17-11-2-4-13-15(6-11)21-9-19-13;;/h1-6H,7-9H2;;/q-2;;. The van der Waals surface area contributed by atoms with Gasteiger partial charge in [0.1, 0.15) is 0 Å². The van der Waals surface area contributed by atoms with Crippen LogP contribution in [0.3, 0.4) is 0 Å². The van der Waals surface area contributed by atoms with E-state index in [0.717, 1.165) is 34.4 Å². The smallest absolute Gasteiger partial charge is 0.231 e. The molecule has 114 valence electrons. The molecule has 2 aromatic carbocycles.